The van der Waals surface area contributed by atoms with Crippen molar-refractivity contribution in [3.63, 3.8) is 0 Å². The number of nitrogens with one attached hydrogen (secondary N) is 2. The predicted molar refractivity (Wildman–Crippen MR) is 97.2 cm³/mol. The van der Waals surface area contributed by atoms with Gasteiger partial charge in [-0.05, 0) is 32.4 Å². The van der Waals surface area contributed by atoms with Crippen molar-refractivity contribution in [2.45, 2.75) is 59.0 Å². The minimum atomic E-state index is -0.232. The summed E-state index contributed by atoms with van der Waals surface area (Å²) < 4.78 is 3.83. The van der Waals surface area contributed by atoms with Crippen molar-refractivity contribution in [1.29, 1.82) is 0 Å². The van der Waals surface area contributed by atoms with Gasteiger partial charge in [-0.15, -0.1) is 0 Å². The van der Waals surface area contributed by atoms with Crippen LogP contribution in [0.5, 0.6) is 0 Å². The summed E-state index contributed by atoms with van der Waals surface area (Å²) >= 11 is 0. The van der Waals surface area contributed by atoms with Crippen LogP contribution in [-0.2, 0) is 24.5 Å². The van der Waals surface area contributed by atoms with E-state index in [1.54, 1.807) is 0 Å². The molecule has 0 saturated carbocycles. The molecule has 0 fully saturated rings. The third-order valence-corrected chi connectivity index (χ3v) is 3.70. The summed E-state index contributed by atoms with van der Waals surface area (Å²) in [6, 6.07) is 3.70. The van der Waals surface area contributed by atoms with E-state index in [-0.39, 0.29) is 17.0 Å². The quantitative estimate of drug-likeness (QED) is 0.902. The Hall–Kier alpha value is -2.24. The van der Waals surface area contributed by atoms with Crippen molar-refractivity contribution in [3.05, 3.63) is 35.8 Å². The smallest absolute Gasteiger partial charge is 0.320 e. The van der Waals surface area contributed by atoms with Gasteiger partial charge in [-0.3, -0.25) is 5.32 Å². The zero-order chi connectivity index (χ0) is 18.1. The zero-order valence-electron chi connectivity index (χ0n) is 15.8. The SMILES string of the molecule is Cn1ccc(CNC(=O)Nc2cc(C(C)(C)C)nn2C(C)(C)C)c1. The van der Waals surface area contributed by atoms with Crippen LogP contribution in [0.15, 0.2) is 24.5 Å². The lowest BCUT2D eigenvalue weighted by Crippen LogP contribution is -2.32. The molecule has 0 radical (unpaired) electrons. The highest BCUT2D eigenvalue weighted by molar-refractivity contribution is 5.88. The topological polar surface area (TPSA) is 63.9 Å². The number of amides is 2. The fraction of sp³-hybridized carbons (Fsp3) is 0.556. The molecule has 2 aromatic heterocycles. The van der Waals surface area contributed by atoms with Gasteiger partial charge in [0.1, 0.15) is 5.82 Å². The molecule has 2 heterocycles. The van der Waals surface area contributed by atoms with Crippen LogP contribution in [0.3, 0.4) is 0 Å². The van der Waals surface area contributed by atoms with E-state index in [4.69, 9.17) is 5.10 Å². The lowest BCUT2D eigenvalue weighted by molar-refractivity contribution is 0.251. The molecule has 24 heavy (non-hydrogen) atoms. The molecule has 132 valence electrons. The molecule has 0 saturated heterocycles. The molecular weight excluding hydrogens is 302 g/mol. The number of carbonyl (C=O) groups is 1. The molecule has 0 bridgehead atoms. The summed E-state index contributed by atoms with van der Waals surface area (Å²) in [6.45, 7) is 13.0. The summed E-state index contributed by atoms with van der Waals surface area (Å²) in [5, 5.41) is 10.5. The first-order valence-electron chi connectivity index (χ1n) is 8.23. The Kier molecular flexibility index (Phi) is 4.78. The normalized spacial score (nSPS) is 12.3. The summed E-state index contributed by atoms with van der Waals surface area (Å²) in [7, 11) is 1.96. The molecule has 0 aliphatic heterocycles. The fourth-order valence-corrected chi connectivity index (χ4v) is 2.36. The van der Waals surface area contributed by atoms with Gasteiger partial charge in [0.15, 0.2) is 0 Å². The molecule has 2 rings (SSSR count). The van der Waals surface area contributed by atoms with Crippen molar-refractivity contribution < 1.29 is 4.79 Å². The van der Waals surface area contributed by atoms with Crippen molar-refractivity contribution in [1.82, 2.24) is 19.7 Å². The minimum Gasteiger partial charge on any atom is -0.357 e. The van der Waals surface area contributed by atoms with Crippen molar-refractivity contribution >= 4 is 11.8 Å². The highest BCUT2D eigenvalue weighted by atomic mass is 16.2. The van der Waals surface area contributed by atoms with Crippen LogP contribution in [0.2, 0.25) is 0 Å². The highest BCUT2D eigenvalue weighted by Crippen LogP contribution is 2.28. The summed E-state index contributed by atoms with van der Waals surface area (Å²) in [5.41, 5.74) is 1.72. The number of aromatic nitrogens is 3. The van der Waals surface area contributed by atoms with E-state index in [1.807, 2.05) is 40.8 Å². The maximum atomic E-state index is 12.3. The van der Waals surface area contributed by atoms with E-state index in [1.165, 1.54) is 0 Å². The number of nitrogens with zero attached hydrogens (tertiary/aromatic N) is 3. The van der Waals surface area contributed by atoms with Gasteiger partial charge in [-0.25, -0.2) is 9.48 Å². The second-order valence-electron chi connectivity index (χ2n) is 8.24. The molecule has 2 N–H and O–H groups in total. The maximum Gasteiger partial charge on any atom is 0.320 e. The second kappa shape index (κ2) is 6.34. The van der Waals surface area contributed by atoms with E-state index in [0.29, 0.717) is 12.4 Å². The first kappa shape index (κ1) is 18.1. The van der Waals surface area contributed by atoms with Crippen LogP contribution in [0.25, 0.3) is 0 Å². The zero-order valence-corrected chi connectivity index (χ0v) is 15.8. The fourth-order valence-electron chi connectivity index (χ4n) is 2.36. The van der Waals surface area contributed by atoms with Crippen LogP contribution in [0.1, 0.15) is 52.8 Å². The Balaban J connectivity index is 2.12. The Morgan fingerprint density at radius 3 is 2.38 bits per heavy atom. The first-order chi connectivity index (χ1) is 11.0. The van der Waals surface area contributed by atoms with E-state index in [2.05, 4.69) is 52.2 Å². The molecule has 2 aromatic rings. The maximum absolute atomic E-state index is 12.3. The lowest BCUT2D eigenvalue weighted by Gasteiger charge is -2.23. The Morgan fingerprint density at radius 2 is 1.88 bits per heavy atom. The summed E-state index contributed by atoms with van der Waals surface area (Å²) in [4.78, 5) is 12.3. The lowest BCUT2D eigenvalue weighted by atomic mass is 9.92. The average molecular weight is 331 g/mol. The van der Waals surface area contributed by atoms with Crippen LogP contribution < -0.4 is 10.6 Å². The first-order valence-corrected chi connectivity index (χ1v) is 8.23. The van der Waals surface area contributed by atoms with E-state index >= 15 is 0 Å². The van der Waals surface area contributed by atoms with E-state index in [9.17, 15) is 4.79 Å². The molecule has 6 nitrogen and oxygen atoms in total. The van der Waals surface area contributed by atoms with Gasteiger partial charge in [0.25, 0.3) is 0 Å². The molecule has 6 heteroatoms. The van der Waals surface area contributed by atoms with E-state index in [0.717, 1.165) is 11.3 Å². The molecule has 0 unspecified atom stereocenters. The summed E-state index contributed by atoms with van der Waals surface area (Å²) in [5.74, 6) is 0.706. The van der Waals surface area contributed by atoms with Crippen molar-refractivity contribution in [3.8, 4) is 0 Å². The van der Waals surface area contributed by atoms with Gasteiger partial charge >= 0.3 is 6.03 Å². The number of urea groups is 1. The van der Waals surface area contributed by atoms with Crippen LogP contribution in [-0.4, -0.2) is 20.4 Å². The van der Waals surface area contributed by atoms with Gasteiger partial charge < -0.3 is 9.88 Å². The number of hydrogen-bond acceptors (Lipinski definition) is 2. The Morgan fingerprint density at radius 1 is 1.21 bits per heavy atom. The monoisotopic (exact) mass is 331 g/mol. The Bertz CT molecular complexity index is 713. The van der Waals surface area contributed by atoms with Gasteiger partial charge in [0.2, 0.25) is 0 Å². The van der Waals surface area contributed by atoms with Crippen LogP contribution in [0, 0.1) is 0 Å². The number of carbonyl (C=O) groups excluding carboxylic acids is 1. The van der Waals surface area contributed by atoms with Gasteiger partial charge in [0.05, 0.1) is 11.2 Å². The molecular formula is C18H29N5O. The number of rotatable bonds is 3. The van der Waals surface area contributed by atoms with E-state index < -0.39 is 0 Å². The van der Waals surface area contributed by atoms with Crippen LogP contribution >= 0.6 is 0 Å². The van der Waals surface area contributed by atoms with Crippen LogP contribution in [0.4, 0.5) is 10.6 Å². The largest absolute Gasteiger partial charge is 0.357 e. The Labute approximate surface area is 144 Å². The van der Waals surface area contributed by atoms with Gasteiger partial charge in [-0.1, -0.05) is 20.8 Å². The minimum absolute atomic E-state index is 0.0759. The molecule has 2 amide bonds. The molecule has 0 atom stereocenters. The average Bonchev–Trinajstić information content (AvgIpc) is 3.01. The third-order valence-electron chi connectivity index (χ3n) is 3.70. The number of hydrogen-bond donors (Lipinski definition) is 2. The standard InChI is InChI=1S/C18H29N5O/c1-17(2,3)14-10-15(23(21-14)18(4,5)6)20-16(24)19-11-13-8-9-22(7)12-13/h8-10,12H,11H2,1-7H3,(H2,19,20,24). The van der Waals surface area contributed by atoms with Crippen molar-refractivity contribution in [2.75, 3.05) is 5.32 Å². The molecule has 0 aromatic carbocycles. The van der Waals surface area contributed by atoms with Gasteiger partial charge in [0, 0.05) is 37.5 Å². The van der Waals surface area contributed by atoms with Gasteiger partial charge in [-0.2, -0.15) is 5.10 Å². The second-order valence-corrected chi connectivity index (χ2v) is 8.24. The third kappa shape index (κ3) is 4.40. The number of aryl methyl sites for hydroxylation is 1. The molecule has 0 aliphatic carbocycles. The van der Waals surface area contributed by atoms with Crippen molar-refractivity contribution in [2.24, 2.45) is 7.05 Å². The predicted octanol–water partition coefficient (Wildman–Crippen LogP) is 3.60. The molecule has 0 spiro atoms. The number of anilines is 1. The highest BCUT2D eigenvalue weighted by Gasteiger charge is 2.25. The summed E-state index contributed by atoms with van der Waals surface area (Å²) in [6.07, 6.45) is 3.94. The molecule has 0 aliphatic rings.